The van der Waals surface area contributed by atoms with Gasteiger partial charge in [0.15, 0.2) is 21.2 Å². The van der Waals surface area contributed by atoms with Crippen molar-refractivity contribution >= 4 is 46.0 Å². The first kappa shape index (κ1) is 34.4. The second-order valence-electron chi connectivity index (χ2n) is 12.9. The normalized spacial score (nSPS) is 23.9. The Morgan fingerprint density at radius 3 is 2.43 bits per heavy atom. The third-order valence-corrected chi connectivity index (χ3v) is 11.8. The Hall–Kier alpha value is -5.08. The zero-order valence-corrected chi connectivity index (χ0v) is 29.7. The number of alkyl halides is 2. The number of likely N-dealkylation sites (tertiary alicyclic amines) is 1. The highest BCUT2D eigenvalue weighted by molar-refractivity contribution is 6.53. The number of benzene rings is 2. The average Bonchev–Trinajstić information content (AvgIpc) is 3.44. The molecule has 1 saturated heterocycles. The molecule has 0 radical (unpaired) electrons. The zero-order valence-electron chi connectivity index (χ0n) is 28.2. The highest BCUT2D eigenvalue weighted by atomic mass is 35.5. The number of methoxy groups -OCH3 is 2. The van der Waals surface area contributed by atoms with Gasteiger partial charge in [0.1, 0.15) is 11.4 Å². The maximum Gasteiger partial charge on any atom is 0.347 e. The molecule has 1 aliphatic carbocycles. The fourth-order valence-electron chi connectivity index (χ4n) is 7.84. The summed E-state index contributed by atoms with van der Waals surface area (Å²) in [6, 6.07) is 7.28. The Bertz CT molecular complexity index is 2410. The largest absolute Gasteiger partial charge is 0.507 e. The molecule has 2 aliphatic heterocycles. The predicted octanol–water partition coefficient (Wildman–Crippen LogP) is 2.37. The number of phenols is 1. The Kier molecular flexibility index (Phi) is 8.10. The topological polar surface area (TPSA) is 160 Å². The molecule has 4 aromatic rings. The van der Waals surface area contributed by atoms with Crippen molar-refractivity contribution in [2.75, 3.05) is 21.3 Å². The van der Waals surface area contributed by atoms with Crippen molar-refractivity contribution in [3.63, 3.8) is 0 Å². The maximum absolute atomic E-state index is 14.2. The van der Waals surface area contributed by atoms with Gasteiger partial charge in [0.05, 0.1) is 37.8 Å². The minimum atomic E-state index is -2.06. The van der Waals surface area contributed by atoms with E-state index in [-0.39, 0.29) is 42.9 Å². The molecule has 4 heterocycles. The lowest BCUT2D eigenvalue weighted by molar-refractivity contribution is -0.137. The van der Waals surface area contributed by atoms with Crippen molar-refractivity contribution in [2.24, 2.45) is 7.05 Å². The summed E-state index contributed by atoms with van der Waals surface area (Å²) >= 11 is 14.4. The van der Waals surface area contributed by atoms with E-state index in [1.165, 1.54) is 35.2 Å². The van der Waals surface area contributed by atoms with Crippen molar-refractivity contribution in [3.05, 3.63) is 103 Å². The minimum absolute atomic E-state index is 0.0598. The summed E-state index contributed by atoms with van der Waals surface area (Å²) in [5, 5.41) is 11.5. The van der Waals surface area contributed by atoms with E-state index < -0.39 is 50.5 Å². The second kappa shape index (κ2) is 12.0. The van der Waals surface area contributed by atoms with Crippen molar-refractivity contribution in [3.8, 4) is 17.2 Å². The molecule has 0 spiro atoms. The van der Waals surface area contributed by atoms with Crippen LogP contribution >= 0.6 is 23.2 Å². The lowest BCUT2D eigenvalue weighted by Crippen LogP contribution is -2.59. The van der Waals surface area contributed by atoms with Gasteiger partial charge in [0, 0.05) is 57.1 Å². The van der Waals surface area contributed by atoms with Crippen molar-refractivity contribution in [2.45, 2.75) is 54.1 Å². The number of carbonyl (C=O) groups excluding carboxylic acids is 2. The van der Waals surface area contributed by atoms with Gasteiger partial charge in [-0.1, -0.05) is 30.4 Å². The van der Waals surface area contributed by atoms with Gasteiger partial charge in [0.2, 0.25) is 0 Å². The summed E-state index contributed by atoms with van der Waals surface area (Å²) in [5.41, 5.74) is 0.507. The first-order chi connectivity index (χ1) is 24.2. The second-order valence-corrected chi connectivity index (χ2v) is 14.1. The number of hydrogen-bond donors (Lipinski definition) is 1. The molecule has 16 heteroatoms. The van der Waals surface area contributed by atoms with Gasteiger partial charge < -0.3 is 19.1 Å². The number of hydrogen-bond acceptors (Lipinski definition) is 9. The number of para-hydroxylation sites is 1. The van der Waals surface area contributed by atoms with Crippen LogP contribution in [-0.4, -0.2) is 76.3 Å². The molecule has 2 fully saturated rings. The number of rotatable bonds is 8. The smallest absolute Gasteiger partial charge is 0.347 e. The van der Waals surface area contributed by atoms with Crippen molar-refractivity contribution in [1.29, 1.82) is 0 Å². The van der Waals surface area contributed by atoms with Crippen LogP contribution in [0.15, 0.2) is 69.0 Å². The van der Waals surface area contributed by atoms with Gasteiger partial charge >= 0.3 is 11.4 Å². The molecular weight excluding hydrogens is 703 g/mol. The molecule has 14 nitrogen and oxygen atoms in total. The lowest BCUT2D eigenvalue weighted by Gasteiger charge is -2.49. The van der Waals surface area contributed by atoms with Crippen molar-refractivity contribution in [1.82, 2.24) is 28.4 Å². The first-order valence-corrected chi connectivity index (χ1v) is 16.9. The molecule has 2 aromatic carbocycles. The molecule has 3 aliphatic rings. The molecule has 7 rings (SSSR count). The Morgan fingerprint density at radius 2 is 1.75 bits per heavy atom. The van der Waals surface area contributed by atoms with Crippen LogP contribution in [0.5, 0.6) is 17.2 Å². The van der Waals surface area contributed by atoms with Crippen LogP contribution in [0.2, 0.25) is 0 Å². The first-order valence-electron chi connectivity index (χ1n) is 16.1. The third-order valence-electron chi connectivity index (χ3n) is 10.4. The summed E-state index contributed by atoms with van der Waals surface area (Å²) < 4.78 is 15.6. The van der Waals surface area contributed by atoms with E-state index in [1.54, 1.807) is 49.5 Å². The fraction of sp³-hybridized carbons (Fsp3) is 0.371. The van der Waals surface area contributed by atoms with Gasteiger partial charge in [-0.25, -0.2) is 28.5 Å². The van der Waals surface area contributed by atoms with Crippen molar-refractivity contribution < 1.29 is 24.2 Å². The number of imide groups is 1. The SMILES string of the molecule is C=CCc1cccc([C@H]2C3=CCn4c(=O)n(CCc5nc6cc(OC)c(OC)cc6n(C)c5=O)c(=O)n4[C@@H]3C[C@@]3(Cl)C(=O)N(C)C(=O)[C@@]23Cl)c1O. The quantitative estimate of drug-likeness (QED) is 0.163. The van der Waals surface area contributed by atoms with Crippen LogP contribution in [0.25, 0.3) is 11.0 Å². The number of aryl methyl sites for hydroxylation is 2. The maximum atomic E-state index is 14.2. The molecule has 4 atom stereocenters. The van der Waals surface area contributed by atoms with Gasteiger partial charge in [-0.05, 0) is 17.6 Å². The van der Waals surface area contributed by atoms with Crippen LogP contribution < -0.4 is 26.4 Å². The molecule has 266 valence electrons. The number of allylic oxidation sites excluding steroid dienone is 3. The van der Waals surface area contributed by atoms with Crippen LogP contribution in [0.3, 0.4) is 0 Å². The monoisotopic (exact) mass is 736 g/mol. The van der Waals surface area contributed by atoms with E-state index in [9.17, 15) is 29.1 Å². The van der Waals surface area contributed by atoms with Crippen LogP contribution in [0.1, 0.15) is 35.2 Å². The lowest BCUT2D eigenvalue weighted by atomic mass is 9.64. The number of aromatic nitrogens is 5. The molecule has 0 unspecified atom stereocenters. The Morgan fingerprint density at radius 1 is 1.04 bits per heavy atom. The van der Waals surface area contributed by atoms with Gasteiger partial charge in [-0.15, -0.1) is 29.8 Å². The van der Waals surface area contributed by atoms with Crippen LogP contribution in [0, 0.1) is 0 Å². The van der Waals surface area contributed by atoms with Crippen LogP contribution in [-0.2, 0) is 42.6 Å². The fourth-order valence-corrected chi connectivity index (χ4v) is 8.84. The Labute approximate surface area is 300 Å². The summed E-state index contributed by atoms with van der Waals surface area (Å²) in [5.74, 6) is -1.96. The van der Waals surface area contributed by atoms with Gasteiger partial charge in [0.25, 0.3) is 17.4 Å². The van der Waals surface area contributed by atoms with Gasteiger partial charge in [-0.3, -0.25) is 19.3 Å². The number of amides is 2. The third kappa shape index (κ3) is 4.61. The van der Waals surface area contributed by atoms with E-state index in [0.29, 0.717) is 40.1 Å². The summed E-state index contributed by atoms with van der Waals surface area (Å²) in [6.45, 7) is 3.49. The summed E-state index contributed by atoms with van der Waals surface area (Å²) in [4.78, 5) is 70.3. The highest BCUT2D eigenvalue weighted by Gasteiger charge is 2.75. The zero-order chi connectivity index (χ0) is 36.7. The molecule has 1 saturated carbocycles. The van der Waals surface area contributed by atoms with E-state index in [1.807, 2.05) is 0 Å². The predicted molar refractivity (Wildman–Crippen MR) is 188 cm³/mol. The molecule has 1 N–H and O–H groups in total. The number of carbonyl (C=O) groups is 2. The van der Waals surface area contributed by atoms with E-state index in [4.69, 9.17) is 32.7 Å². The standard InChI is InChI=1S/C35H34Cl2N6O8/c1-6-8-18-9-7-10-20(28(18)44)27-19-11-14-42-32(48)41(33(49)43(42)24(19)17-34(36)30(46)40(3)31(47)35(27,34)37)13-12-21-29(45)39(2)23-16-26(51-5)25(50-4)15-22(23)38-21/h6-7,9-11,15-16,24,27,44H,1,8,12-14,17H2,2-5H3/t24-,27-,34-,35+/m1/s1. The van der Waals surface area contributed by atoms with Gasteiger partial charge in [-0.2, -0.15) is 0 Å². The Balaban J connectivity index is 1.32. The number of halogens is 2. The van der Waals surface area contributed by atoms with E-state index >= 15 is 0 Å². The number of phenolic OH excluding ortho intramolecular Hbond substituents is 1. The van der Waals surface area contributed by atoms with E-state index in [0.717, 1.165) is 9.47 Å². The number of nitrogens with zero attached hydrogens (tertiary/aromatic N) is 6. The molecular formula is C35H34Cl2N6O8. The summed E-state index contributed by atoms with van der Waals surface area (Å²) in [7, 11) is 5.84. The molecule has 2 aromatic heterocycles. The number of fused-ring (bicyclic) bond motifs is 5. The molecule has 51 heavy (non-hydrogen) atoms. The molecule has 2 amide bonds. The minimum Gasteiger partial charge on any atom is -0.507 e. The average molecular weight is 738 g/mol. The highest BCUT2D eigenvalue weighted by Crippen LogP contribution is 2.64. The number of ether oxygens (including phenoxy) is 2. The molecule has 0 bridgehead atoms. The number of aromatic hydroxyl groups is 1. The van der Waals surface area contributed by atoms with E-state index in [2.05, 4.69) is 11.6 Å². The van der Waals surface area contributed by atoms with Crippen LogP contribution in [0.4, 0.5) is 0 Å². The summed E-state index contributed by atoms with van der Waals surface area (Å²) in [6.07, 6.45) is 3.27.